The number of benzene rings is 1. The number of rotatable bonds is 1. The zero-order valence-electron chi connectivity index (χ0n) is 8.82. The van der Waals surface area contributed by atoms with Gasteiger partial charge in [0.05, 0.1) is 17.7 Å². The topological polar surface area (TPSA) is 55.4 Å². The van der Waals surface area contributed by atoms with E-state index < -0.39 is 17.7 Å². The first-order valence-electron chi connectivity index (χ1n) is 4.68. The van der Waals surface area contributed by atoms with Gasteiger partial charge in [-0.25, -0.2) is 9.18 Å². The number of hydrogen-bond acceptors (Lipinski definition) is 4. The largest absolute Gasteiger partial charge is 0.466 e. The fourth-order valence-corrected chi connectivity index (χ4v) is 2.23. The van der Waals surface area contributed by atoms with Gasteiger partial charge in [-0.1, -0.05) is 11.8 Å². The molecule has 0 spiro atoms. The molecule has 0 aromatic heterocycles. The molecule has 0 fully saturated rings. The molecule has 2 rings (SSSR count). The molecule has 1 amide bonds. The number of hydrogen-bond donors (Lipinski definition) is 1. The minimum Gasteiger partial charge on any atom is -0.466 e. The third-order valence-corrected chi connectivity index (χ3v) is 3.17. The first-order valence-corrected chi connectivity index (χ1v) is 5.50. The second-order valence-electron chi connectivity index (χ2n) is 3.23. The van der Waals surface area contributed by atoms with E-state index >= 15 is 0 Å². The van der Waals surface area contributed by atoms with E-state index in [-0.39, 0.29) is 4.91 Å². The van der Waals surface area contributed by atoms with Crippen molar-refractivity contribution in [2.24, 2.45) is 0 Å². The molecule has 88 valence electrons. The van der Waals surface area contributed by atoms with Crippen molar-refractivity contribution in [1.82, 2.24) is 0 Å². The number of anilines is 1. The first-order chi connectivity index (χ1) is 8.10. The average molecular weight is 253 g/mol. The van der Waals surface area contributed by atoms with Crippen LogP contribution in [0.3, 0.4) is 0 Å². The van der Waals surface area contributed by atoms with Crippen LogP contribution < -0.4 is 5.32 Å². The summed E-state index contributed by atoms with van der Waals surface area (Å²) in [5.41, 5.74) is 0.531. The summed E-state index contributed by atoms with van der Waals surface area (Å²) in [7, 11) is 1.22. The number of carbonyl (C=O) groups excluding carboxylic acids is 2. The molecule has 1 aliphatic rings. The summed E-state index contributed by atoms with van der Waals surface area (Å²) in [6.07, 6.45) is 1.08. The average Bonchev–Trinajstić information content (AvgIpc) is 2.30. The van der Waals surface area contributed by atoms with E-state index in [1.807, 2.05) is 0 Å². The molecule has 0 radical (unpaired) electrons. The normalized spacial score (nSPS) is 16.4. The highest BCUT2D eigenvalue weighted by Crippen LogP contribution is 2.38. The van der Waals surface area contributed by atoms with Gasteiger partial charge in [-0.05, 0) is 18.2 Å². The van der Waals surface area contributed by atoms with Gasteiger partial charge in [-0.2, -0.15) is 0 Å². The lowest BCUT2D eigenvalue weighted by Crippen LogP contribution is -2.18. The predicted octanol–water partition coefficient (Wildman–Crippen LogP) is 1.93. The Balaban J connectivity index is 2.35. The number of nitrogens with one attached hydrogen (secondary N) is 1. The Labute approximate surface area is 101 Å². The van der Waals surface area contributed by atoms with E-state index in [0.29, 0.717) is 10.6 Å². The lowest BCUT2D eigenvalue weighted by Gasteiger charge is -2.17. The minimum absolute atomic E-state index is 0.176. The van der Waals surface area contributed by atoms with E-state index in [4.69, 9.17) is 0 Å². The summed E-state index contributed by atoms with van der Waals surface area (Å²) in [5, 5.41) is 2.56. The predicted molar refractivity (Wildman–Crippen MR) is 61.0 cm³/mol. The van der Waals surface area contributed by atoms with Gasteiger partial charge >= 0.3 is 5.97 Å². The van der Waals surface area contributed by atoms with Crippen molar-refractivity contribution in [3.8, 4) is 0 Å². The number of ether oxygens (including phenoxy) is 1. The summed E-state index contributed by atoms with van der Waals surface area (Å²) in [6.45, 7) is 0. The first kappa shape index (κ1) is 11.7. The van der Waals surface area contributed by atoms with Crippen LogP contribution >= 0.6 is 11.8 Å². The Bertz CT molecular complexity index is 527. The van der Waals surface area contributed by atoms with Crippen molar-refractivity contribution in [2.75, 3.05) is 12.4 Å². The summed E-state index contributed by atoms with van der Waals surface area (Å²) in [5.74, 6) is -1.42. The molecular weight excluding hydrogens is 245 g/mol. The third-order valence-electron chi connectivity index (χ3n) is 2.09. The van der Waals surface area contributed by atoms with E-state index in [1.54, 1.807) is 0 Å². The van der Waals surface area contributed by atoms with Crippen molar-refractivity contribution >= 4 is 29.3 Å². The molecule has 0 atom stereocenters. The van der Waals surface area contributed by atoms with Crippen molar-refractivity contribution in [2.45, 2.75) is 4.90 Å². The van der Waals surface area contributed by atoms with Crippen molar-refractivity contribution in [3.05, 3.63) is 35.0 Å². The lowest BCUT2D eigenvalue weighted by atomic mass is 10.3. The molecular formula is C11H8FNO3S. The third kappa shape index (κ3) is 2.47. The summed E-state index contributed by atoms with van der Waals surface area (Å²) in [6, 6.07) is 4.03. The highest BCUT2D eigenvalue weighted by molar-refractivity contribution is 8.04. The van der Waals surface area contributed by atoms with Crippen molar-refractivity contribution in [1.29, 1.82) is 0 Å². The second-order valence-corrected chi connectivity index (χ2v) is 4.31. The quantitative estimate of drug-likeness (QED) is 0.613. The summed E-state index contributed by atoms with van der Waals surface area (Å²) >= 11 is 1.03. The molecule has 0 unspecified atom stereocenters. The van der Waals surface area contributed by atoms with Crippen LogP contribution in [-0.2, 0) is 14.3 Å². The SMILES string of the molecule is COC(=O)C=C1Sc2cc(F)ccc2NC1=O. The zero-order valence-corrected chi connectivity index (χ0v) is 9.64. The second kappa shape index (κ2) is 4.58. The Morgan fingerprint density at radius 3 is 3.00 bits per heavy atom. The maximum atomic E-state index is 13.0. The van der Waals surface area contributed by atoms with Crippen molar-refractivity contribution in [3.63, 3.8) is 0 Å². The highest BCUT2D eigenvalue weighted by Gasteiger charge is 2.22. The van der Waals surface area contributed by atoms with Crippen LogP contribution in [0, 0.1) is 5.82 Å². The van der Waals surface area contributed by atoms with Gasteiger partial charge in [0.25, 0.3) is 5.91 Å². The molecule has 1 aromatic rings. The lowest BCUT2D eigenvalue weighted by molar-refractivity contribution is -0.135. The molecule has 17 heavy (non-hydrogen) atoms. The van der Waals surface area contributed by atoms with Crippen LogP contribution in [0.4, 0.5) is 10.1 Å². The van der Waals surface area contributed by atoms with Gasteiger partial charge < -0.3 is 10.1 Å². The molecule has 0 saturated heterocycles. The number of halogens is 1. The Morgan fingerprint density at radius 1 is 1.53 bits per heavy atom. The highest BCUT2D eigenvalue weighted by atomic mass is 32.2. The molecule has 6 heteroatoms. The van der Waals surface area contributed by atoms with Gasteiger partial charge in [0.1, 0.15) is 5.82 Å². The van der Waals surface area contributed by atoms with Crippen LogP contribution in [0.25, 0.3) is 0 Å². The van der Waals surface area contributed by atoms with E-state index in [0.717, 1.165) is 17.8 Å². The van der Waals surface area contributed by atoms with Gasteiger partial charge in [0.2, 0.25) is 0 Å². The molecule has 1 aromatic carbocycles. The monoisotopic (exact) mass is 253 g/mol. The number of carbonyl (C=O) groups is 2. The standard InChI is InChI=1S/C11H8FNO3S/c1-16-10(14)5-9-11(15)13-7-3-2-6(12)4-8(7)17-9/h2-5H,1H3,(H,13,15). The van der Waals surface area contributed by atoms with E-state index in [2.05, 4.69) is 10.1 Å². The maximum absolute atomic E-state index is 13.0. The Kier molecular flexibility index (Phi) is 3.14. The van der Waals surface area contributed by atoms with E-state index in [9.17, 15) is 14.0 Å². The van der Waals surface area contributed by atoms with Crippen LogP contribution in [0.1, 0.15) is 0 Å². The van der Waals surface area contributed by atoms with Gasteiger partial charge in [0, 0.05) is 11.0 Å². The molecule has 1 heterocycles. The Morgan fingerprint density at radius 2 is 2.29 bits per heavy atom. The van der Waals surface area contributed by atoms with Crippen LogP contribution in [0.2, 0.25) is 0 Å². The fraction of sp³-hybridized carbons (Fsp3) is 0.0909. The van der Waals surface area contributed by atoms with Crippen LogP contribution in [0.5, 0.6) is 0 Å². The van der Waals surface area contributed by atoms with Crippen LogP contribution in [-0.4, -0.2) is 19.0 Å². The molecule has 4 nitrogen and oxygen atoms in total. The fourth-order valence-electron chi connectivity index (χ4n) is 1.29. The number of fused-ring (bicyclic) bond motifs is 1. The molecule has 0 aliphatic carbocycles. The minimum atomic E-state index is -0.623. The zero-order chi connectivity index (χ0) is 12.4. The summed E-state index contributed by atoms with van der Waals surface area (Å²) < 4.78 is 17.4. The maximum Gasteiger partial charge on any atom is 0.331 e. The van der Waals surface area contributed by atoms with Gasteiger partial charge in [-0.3, -0.25) is 4.79 Å². The van der Waals surface area contributed by atoms with Gasteiger partial charge in [0.15, 0.2) is 0 Å². The van der Waals surface area contributed by atoms with E-state index in [1.165, 1.54) is 25.3 Å². The number of thioether (sulfide) groups is 1. The molecule has 0 saturated carbocycles. The molecule has 1 aliphatic heterocycles. The smallest absolute Gasteiger partial charge is 0.331 e. The summed E-state index contributed by atoms with van der Waals surface area (Å²) in [4.78, 5) is 23.4. The number of esters is 1. The Hall–Kier alpha value is -1.82. The molecule has 0 bridgehead atoms. The van der Waals surface area contributed by atoms with Crippen LogP contribution in [0.15, 0.2) is 34.1 Å². The van der Waals surface area contributed by atoms with Gasteiger partial charge in [-0.15, -0.1) is 0 Å². The molecule has 1 N–H and O–H groups in total. The number of methoxy groups -OCH3 is 1. The van der Waals surface area contributed by atoms with Crippen molar-refractivity contribution < 1.29 is 18.7 Å². The number of amides is 1.